The zero-order chi connectivity index (χ0) is 8.91. The number of quaternary nitrogens is 1. The highest BCUT2D eigenvalue weighted by atomic mass is 32.3. The molecule has 0 rings (SSSR count). The lowest BCUT2D eigenvalue weighted by molar-refractivity contribution is 0.0617. The lowest BCUT2D eigenvalue weighted by Gasteiger charge is -2.14. The van der Waals surface area contributed by atoms with Gasteiger partial charge in [-0.3, -0.25) is 4.18 Å². The van der Waals surface area contributed by atoms with Crippen molar-refractivity contribution in [1.29, 1.82) is 0 Å². The van der Waals surface area contributed by atoms with E-state index in [1.165, 1.54) is 6.92 Å². The third-order valence-corrected chi connectivity index (χ3v) is 1.40. The third-order valence-electron chi connectivity index (χ3n) is 0.839. The van der Waals surface area contributed by atoms with E-state index in [1.54, 1.807) is 6.92 Å². The SMILES string of the molecule is CCOCC(C)OS(=O)(=O)[O-].[NH4+]. The highest BCUT2D eigenvalue weighted by Crippen LogP contribution is 1.96. The Kier molecular flexibility index (Phi) is 7.54. The first kappa shape index (κ1) is 14.3. The second-order valence-corrected chi connectivity index (χ2v) is 2.98. The molecular weight excluding hydrogens is 186 g/mol. The van der Waals surface area contributed by atoms with Gasteiger partial charge in [-0.2, -0.15) is 0 Å². The Balaban J connectivity index is 0. The largest absolute Gasteiger partial charge is 0.726 e. The molecule has 0 aliphatic carbocycles. The van der Waals surface area contributed by atoms with Crippen molar-refractivity contribution in [2.24, 2.45) is 0 Å². The van der Waals surface area contributed by atoms with Crippen LogP contribution in [0.2, 0.25) is 0 Å². The van der Waals surface area contributed by atoms with Crippen LogP contribution in [0.3, 0.4) is 0 Å². The molecule has 0 aromatic carbocycles. The van der Waals surface area contributed by atoms with Gasteiger partial charge < -0.3 is 15.4 Å². The van der Waals surface area contributed by atoms with Gasteiger partial charge in [0.2, 0.25) is 10.4 Å². The zero-order valence-corrected chi connectivity index (χ0v) is 8.26. The van der Waals surface area contributed by atoms with Gasteiger partial charge in [-0.05, 0) is 13.8 Å². The molecule has 0 saturated carbocycles. The van der Waals surface area contributed by atoms with E-state index in [0.29, 0.717) is 6.61 Å². The summed E-state index contributed by atoms with van der Waals surface area (Å²) in [6, 6.07) is 0. The van der Waals surface area contributed by atoms with Crippen LogP contribution in [0.15, 0.2) is 0 Å². The normalized spacial score (nSPS) is 13.6. The molecule has 7 heteroatoms. The molecule has 0 bridgehead atoms. The summed E-state index contributed by atoms with van der Waals surface area (Å²) in [4.78, 5) is 0. The second-order valence-electron chi connectivity index (χ2n) is 1.97. The number of hydrogen-bond donors (Lipinski definition) is 1. The minimum Gasteiger partial charge on any atom is -0.726 e. The monoisotopic (exact) mass is 201 g/mol. The molecule has 0 aromatic heterocycles. The van der Waals surface area contributed by atoms with Gasteiger partial charge in [0.15, 0.2) is 0 Å². The van der Waals surface area contributed by atoms with Crippen LogP contribution in [0.25, 0.3) is 0 Å². The lowest BCUT2D eigenvalue weighted by Crippen LogP contribution is -2.20. The van der Waals surface area contributed by atoms with Gasteiger partial charge in [-0.1, -0.05) is 0 Å². The first-order chi connectivity index (χ1) is 4.95. The molecule has 0 heterocycles. The lowest BCUT2D eigenvalue weighted by atomic mass is 10.4. The summed E-state index contributed by atoms with van der Waals surface area (Å²) in [6.45, 7) is 3.79. The van der Waals surface area contributed by atoms with Crippen molar-refractivity contribution in [1.82, 2.24) is 6.15 Å². The summed E-state index contributed by atoms with van der Waals surface area (Å²) in [6.07, 6.45) is -0.711. The molecule has 0 saturated heterocycles. The van der Waals surface area contributed by atoms with E-state index < -0.39 is 16.5 Å². The number of hydrogen-bond acceptors (Lipinski definition) is 5. The van der Waals surface area contributed by atoms with E-state index >= 15 is 0 Å². The Hall–Kier alpha value is -0.210. The number of rotatable bonds is 5. The highest BCUT2D eigenvalue weighted by Gasteiger charge is 2.05. The molecule has 0 spiro atoms. The first-order valence-electron chi connectivity index (χ1n) is 3.17. The van der Waals surface area contributed by atoms with Crippen molar-refractivity contribution in [3.05, 3.63) is 0 Å². The summed E-state index contributed by atoms with van der Waals surface area (Å²) in [5.41, 5.74) is 0. The average Bonchev–Trinajstić information content (AvgIpc) is 1.79. The number of ether oxygens (including phenoxy) is 1. The van der Waals surface area contributed by atoms with Gasteiger partial charge in [0.05, 0.1) is 12.7 Å². The Labute approximate surface area is 72.4 Å². The van der Waals surface area contributed by atoms with Crippen LogP contribution in [0.1, 0.15) is 13.8 Å². The van der Waals surface area contributed by atoms with E-state index in [0.717, 1.165) is 0 Å². The van der Waals surface area contributed by atoms with E-state index in [9.17, 15) is 13.0 Å². The quantitative estimate of drug-likeness (QED) is 0.506. The van der Waals surface area contributed by atoms with Crippen molar-refractivity contribution >= 4 is 10.4 Å². The fraction of sp³-hybridized carbons (Fsp3) is 1.00. The molecule has 1 atom stereocenters. The molecule has 6 nitrogen and oxygen atoms in total. The molecule has 12 heavy (non-hydrogen) atoms. The maximum absolute atomic E-state index is 9.97. The Morgan fingerprint density at radius 2 is 2.00 bits per heavy atom. The van der Waals surface area contributed by atoms with Gasteiger partial charge in [-0.25, -0.2) is 8.42 Å². The summed E-state index contributed by atoms with van der Waals surface area (Å²) >= 11 is 0. The van der Waals surface area contributed by atoms with Crippen LogP contribution in [0.4, 0.5) is 0 Å². The Bertz CT molecular complexity index is 190. The van der Waals surface area contributed by atoms with Crippen LogP contribution >= 0.6 is 0 Å². The van der Waals surface area contributed by atoms with Gasteiger partial charge in [0.25, 0.3) is 0 Å². The summed E-state index contributed by atoms with van der Waals surface area (Å²) in [7, 11) is -4.58. The van der Waals surface area contributed by atoms with Gasteiger partial charge in [-0.15, -0.1) is 0 Å². The van der Waals surface area contributed by atoms with E-state index in [1.807, 2.05) is 0 Å². The zero-order valence-electron chi connectivity index (χ0n) is 7.44. The maximum atomic E-state index is 9.97. The van der Waals surface area contributed by atoms with Crippen LogP contribution in [0.5, 0.6) is 0 Å². The fourth-order valence-corrected chi connectivity index (χ4v) is 0.971. The molecule has 0 aliphatic rings. The smallest absolute Gasteiger partial charge is 0.217 e. The van der Waals surface area contributed by atoms with Crippen molar-refractivity contribution in [2.45, 2.75) is 20.0 Å². The van der Waals surface area contributed by atoms with E-state index in [-0.39, 0.29) is 12.8 Å². The predicted molar refractivity (Wildman–Crippen MR) is 42.7 cm³/mol. The maximum Gasteiger partial charge on any atom is 0.217 e. The standard InChI is InChI=1S/C5H12O5S.H3N/c1-3-9-4-5(2)10-11(6,7)8;/h5H,3-4H2,1-2H3,(H,6,7,8);1H3. The Morgan fingerprint density at radius 3 is 2.33 bits per heavy atom. The minimum atomic E-state index is -4.58. The van der Waals surface area contributed by atoms with Gasteiger partial charge in [0, 0.05) is 6.61 Å². The molecule has 0 radical (unpaired) electrons. The van der Waals surface area contributed by atoms with Crippen molar-refractivity contribution in [3.8, 4) is 0 Å². The van der Waals surface area contributed by atoms with Gasteiger partial charge in [0.1, 0.15) is 0 Å². The molecule has 0 aromatic rings. The van der Waals surface area contributed by atoms with E-state index in [4.69, 9.17) is 4.74 Å². The summed E-state index contributed by atoms with van der Waals surface area (Å²) in [5, 5.41) is 0. The van der Waals surface area contributed by atoms with Crippen molar-refractivity contribution < 1.29 is 21.9 Å². The Morgan fingerprint density at radius 1 is 1.50 bits per heavy atom. The van der Waals surface area contributed by atoms with Crippen LogP contribution in [-0.4, -0.2) is 32.3 Å². The second kappa shape index (κ2) is 6.32. The highest BCUT2D eigenvalue weighted by molar-refractivity contribution is 7.80. The molecule has 76 valence electrons. The molecule has 0 amide bonds. The summed E-state index contributed by atoms with van der Waals surface area (Å²) in [5.74, 6) is 0. The van der Waals surface area contributed by atoms with Crippen LogP contribution < -0.4 is 6.15 Å². The summed E-state index contributed by atoms with van der Waals surface area (Å²) < 4.78 is 38.8. The average molecular weight is 201 g/mol. The molecular formula is C5H15NO5S. The third kappa shape index (κ3) is 9.79. The topological polar surface area (TPSA) is 112 Å². The minimum absolute atomic E-state index is 0. The molecule has 4 N–H and O–H groups in total. The van der Waals surface area contributed by atoms with Crippen LogP contribution in [-0.2, 0) is 19.3 Å². The predicted octanol–water partition coefficient (Wildman–Crippen LogP) is 0.264. The van der Waals surface area contributed by atoms with E-state index in [2.05, 4.69) is 4.18 Å². The fourth-order valence-electron chi connectivity index (χ4n) is 0.513. The molecule has 0 aliphatic heterocycles. The van der Waals surface area contributed by atoms with Crippen LogP contribution in [0, 0.1) is 0 Å². The van der Waals surface area contributed by atoms with Gasteiger partial charge >= 0.3 is 0 Å². The first-order valence-corrected chi connectivity index (χ1v) is 4.51. The molecule has 1 unspecified atom stereocenters. The van der Waals surface area contributed by atoms with Crippen molar-refractivity contribution in [2.75, 3.05) is 13.2 Å². The molecule has 0 fully saturated rings. The van der Waals surface area contributed by atoms with Crippen molar-refractivity contribution in [3.63, 3.8) is 0 Å².